The Labute approximate surface area is 103 Å². The minimum absolute atomic E-state index is 0.217. The largest absolute Gasteiger partial charge is 0.485 e. The normalized spacial score (nSPS) is 10.7. The van der Waals surface area contributed by atoms with Gasteiger partial charge in [0.05, 0.1) is 16.3 Å². The van der Waals surface area contributed by atoms with Crippen LogP contribution < -0.4 is 4.74 Å². The molecular weight excluding hydrogens is 260 g/mol. The number of ether oxygens (including phenoxy) is 1. The summed E-state index contributed by atoms with van der Waals surface area (Å²) in [6, 6.07) is 3.11. The first-order chi connectivity index (χ1) is 7.15. The highest BCUT2D eigenvalue weighted by Crippen LogP contribution is 2.35. The zero-order valence-electron chi connectivity index (χ0n) is 7.84. The van der Waals surface area contributed by atoms with Crippen molar-refractivity contribution < 1.29 is 9.57 Å². The molecule has 0 aliphatic heterocycles. The van der Waals surface area contributed by atoms with Crippen LogP contribution in [0.4, 0.5) is 0 Å². The van der Waals surface area contributed by atoms with Gasteiger partial charge in [0.15, 0.2) is 5.75 Å². The summed E-state index contributed by atoms with van der Waals surface area (Å²) < 4.78 is 5.27. The van der Waals surface area contributed by atoms with Crippen LogP contribution >= 0.6 is 34.8 Å². The fraction of sp³-hybridized carbons (Fsp3) is 0.222. The van der Waals surface area contributed by atoms with E-state index < -0.39 is 0 Å². The molecule has 82 valence electrons. The smallest absolute Gasteiger partial charge is 0.157 e. The second kappa shape index (κ2) is 6.05. The quantitative estimate of drug-likeness (QED) is 0.616. The van der Waals surface area contributed by atoms with Crippen molar-refractivity contribution in [3.8, 4) is 5.75 Å². The van der Waals surface area contributed by atoms with Crippen LogP contribution in [-0.4, -0.2) is 19.9 Å². The maximum Gasteiger partial charge on any atom is 0.157 e. The van der Waals surface area contributed by atoms with E-state index in [4.69, 9.17) is 39.5 Å². The molecule has 0 fully saturated rings. The minimum atomic E-state index is 0.217. The molecule has 0 atom stereocenters. The number of rotatable bonds is 4. The molecule has 0 N–H and O–H groups in total. The molecule has 3 nitrogen and oxygen atoms in total. The Morgan fingerprint density at radius 2 is 1.87 bits per heavy atom. The summed E-state index contributed by atoms with van der Waals surface area (Å²) in [7, 11) is 1.44. The molecule has 15 heavy (non-hydrogen) atoms. The topological polar surface area (TPSA) is 30.8 Å². The van der Waals surface area contributed by atoms with E-state index in [1.807, 2.05) is 0 Å². The Bertz CT molecular complexity index is 345. The van der Waals surface area contributed by atoms with Gasteiger partial charge in [0.2, 0.25) is 0 Å². The molecule has 0 aliphatic rings. The molecule has 1 rings (SSSR count). The fourth-order valence-corrected chi connectivity index (χ4v) is 1.82. The molecule has 0 spiro atoms. The molecule has 0 aliphatic carbocycles. The zero-order chi connectivity index (χ0) is 11.3. The molecule has 1 aromatic rings. The van der Waals surface area contributed by atoms with Gasteiger partial charge in [-0.05, 0) is 12.1 Å². The third-order valence-electron chi connectivity index (χ3n) is 1.45. The molecule has 0 radical (unpaired) electrons. The Balaban J connectivity index is 2.72. The van der Waals surface area contributed by atoms with E-state index in [2.05, 4.69) is 9.99 Å². The van der Waals surface area contributed by atoms with E-state index in [-0.39, 0.29) is 6.61 Å². The maximum atomic E-state index is 5.88. The first-order valence-corrected chi connectivity index (χ1v) is 5.11. The van der Waals surface area contributed by atoms with Gasteiger partial charge in [-0.2, -0.15) is 0 Å². The maximum absolute atomic E-state index is 5.88. The third kappa shape index (κ3) is 3.78. The molecule has 6 heteroatoms. The van der Waals surface area contributed by atoms with Crippen LogP contribution in [0.1, 0.15) is 0 Å². The highest BCUT2D eigenvalue weighted by molar-refractivity contribution is 6.40. The van der Waals surface area contributed by atoms with Gasteiger partial charge in [0, 0.05) is 5.02 Å². The van der Waals surface area contributed by atoms with E-state index in [0.29, 0.717) is 20.8 Å². The lowest BCUT2D eigenvalue weighted by Crippen LogP contribution is -1.99. The Kier molecular flexibility index (Phi) is 5.02. The molecule has 0 aromatic heterocycles. The standard InChI is InChI=1S/C9H8Cl3NO2/c1-14-13-2-3-15-9-7(11)4-6(10)5-8(9)12/h2,4-5H,3H2,1H3. The van der Waals surface area contributed by atoms with E-state index in [1.165, 1.54) is 13.3 Å². The van der Waals surface area contributed by atoms with Crippen LogP contribution in [0, 0.1) is 0 Å². The Morgan fingerprint density at radius 3 is 2.40 bits per heavy atom. The monoisotopic (exact) mass is 267 g/mol. The number of hydrogen-bond acceptors (Lipinski definition) is 3. The van der Waals surface area contributed by atoms with Gasteiger partial charge in [-0.25, -0.2) is 0 Å². The van der Waals surface area contributed by atoms with Crippen molar-refractivity contribution in [2.75, 3.05) is 13.7 Å². The number of benzene rings is 1. The van der Waals surface area contributed by atoms with Gasteiger partial charge in [-0.15, -0.1) is 0 Å². The Hall–Kier alpha value is -0.640. The van der Waals surface area contributed by atoms with Crippen molar-refractivity contribution in [2.24, 2.45) is 5.16 Å². The van der Waals surface area contributed by atoms with Crippen molar-refractivity contribution in [1.29, 1.82) is 0 Å². The van der Waals surface area contributed by atoms with Crippen molar-refractivity contribution in [1.82, 2.24) is 0 Å². The van der Waals surface area contributed by atoms with Crippen LogP contribution in [0.3, 0.4) is 0 Å². The summed E-state index contributed by atoms with van der Waals surface area (Å²) in [5.41, 5.74) is 0. The molecule has 0 bridgehead atoms. The average molecular weight is 269 g/mol. The third-order valence-corrected chi connectivity index (χ3v) is 2.22. The lowest BCUT2D eigenvalue weighted by Gasteiger charge is -2.07. The predicted molar refractivity (Wildman–Crippen MR) is 62.5 cm³/mol. The first-order valence-electron chi connectivity index (χ1n) is 3.97. The van der Waals surface area contributed by atoms with Crippen molar-refractivity contribution in [2.45, 2.75) is 0 Å². The molecule has 0 saturated carbocycles. The highest BCUT2D eigenvalue weighted by Gasteiger charge is 2.08. The van der Waals surface area contributed by atoms with Gasteiger partial charge < -0.3 is 9.57 Å². The van der Waals surface area contributed by atoms with Crippen LogP contribution in [0.2, 0.25) is 15.1 Å². The minimum Gasteiger partial charge on any atom is -0.485 e. The molecule has 0 amide bonds. The van der Waals surface area contributed by atoms with Gasteiger partial charge in [-0.1, -0.05) is 40.0 Å². The second-order valence-corrected chi connectivity index (χ2v) is 3.73. The molecule has 0 heterocycles. The predicted octanol–water partition coefficient (Wildman–Crippen LogP) is 3.66. The number of oxime groups is 1. The van der Waals surface area contributed by atoms with E-state index in [9.17, 15) is 0 Å². The van der Waals surface area contributed by atoms with E-state index >= 15 is 0 Å². The van der Waals surface area contributed by atoms with Crippen molar-refractivity contribution in [3.63, 3.8) is 0 Å². The molecular formula is C9H8Cl3NO2. The number of halogens is 3. The highest BCUT2D eigenvalue weighted by atomic mass is 35.5. The number of hydrogen-bond donors (Lipinski definition) is 0. The summed E-state index contributed by atoms with van der Waals surface area (Å²) in [6.45, 7) is 0.217. The second-order valence-electron chi connectivity index (χ2n) is 2.48. The van der Waals surface area contributed by atoms with Crippen LogP contribution in [0.5, 0.6) is 5.75 Å². The van der Waals surface area contributed by atoms with Crippen molar-refractivity contribution in [3.05, 3.63) is 27.2 Å². The first kappa shape index (κ1) is 12.4. The lowest BCUT2D eigenvalue weighted by atomic mass is 10.3. The van der Waals surface area contributed by atoms with E-state index in [0.717, 1.165) is 0 Å². The van der Waals surface area contributed by atoms with Crippen LogP contribution in [0.25, 0.3) is 0 Å². The van der Waals surface area contributed by atoms with Crippen molar-refractivity contribution >= 4 is 41.0 Å². The summed E-state index contributed by atoms with van der Waals surface area (Å²) in [6.07, 6.45) is 1.45. The van der Waals surface area contributed by atoms with E-state index in [1.54, 1.807) is 12.1 Å². The van der Waals surface area contributed by atoms with Crippen LogP contribution in [-0.2, 0) is 4.84 Å². The van der Waals surface area contributed by atoms with Gasteiger partial charge >= 0.3 is 0 Å². The lowest BCUT2D eigenvalue weighted by molar-refractivity contribution is 0.212. The fourth-order valence-electron chi connectivity index (χ4n) is 0.892. The Morgan fingerprint density at radius 1 is 1.27 bits per heavy atom. The van der Waals surface area contributed by atoms with Crippen LogP contribution in [0.15, 0.2) is 17.3 Å². The summed E-state index contributed by atoms with van der Waals surface area (Å²) >= 11 is 17.5. The SMILES string of the molecule is CON=CCOc1c(Cl)cc(Cl)cc1Cl. The van der Waals surface area contributed by atoms with Gasteiger partial charge in [0.1, 0.15) is 13.7 Å². The summed E-state index contributed by atoms with van der Waals surface area (Å²) in [5, 5.41) is 4.68. The molecule has 0 saturated heterocycles. The summed E-state index contributed by atoms with van der Waals surface area (Å²) in [4.78, 5) is 4.46. The summed E-state index contributed by atoms with van der Waals surface area (Å²) in [5.74, 6) is 0.380. The number of nitrogens with zero attached hydrogens (tertiary/aromatic N) is 1. The van der Waals surface area contributed by atoms with Gasteiger partial charge in [0.25, 0.3) is 0 Å². The zero-order valence-corrected chi connectivity index (χ0v) is 10.1. The average Bonchev–Trinajstić information content (AvgIpc) is 2.15. The van der Waals surface area contributed by atoms with Gasteiger partial charge in [-0.3, -0.25) is 0 Å². The molecule has 0 unspecified atom stereocenters. The molecule has 1 aromatic carbocycles.